The molecule has 0 spiro atoms. The molecule has 1 aromatic carbocycles. The van der Waals surface area contributed by atoms with Gasteiger partial charge in [0.1, 0.15) is 10.9 Å². The van der Waals surface area contributed by atoms with Crippen LogP contribution in [0.25, 0.3) is 0 Å². The summed E-state index contributed by atoms with van der Waals surface area (Å²) < 4.78 is 7.33. The van der Waals surface area contributed by atoms with Crippen LogP contribution in [0.5, 0.6) is 0 Å². The van der Waals surface area contributed by atoms with E-state index in [9.17, 15) is 0 Å². The van der Waals surface area contributed by atoms with E-state index >= 15 is 0 Å². The summed E-state index contributed by atoms with van der Waals surface area (Å²) in [4.78, 5) is 4.34. The van der Waals surface area contributed by atoms with Crippen molar-refractivity contribution in [2.24, 2.45) is 0 Å². The fraction of sp³-hybridized carbons (Fsp3) is 0.235. The average molecular weight is 326 g/mol. The first kappa shape index (κ1) is 15.7. The van der Waals surface area contributed by atoms with Gasteiger partial charge < -0.3 is 9.30 Å². The first-order valence-corrected chi connectivity index (χ1v) is 8.22. The van der Waals surface area contributed by atoms with Crippen molar-refractivity contribution in [1.82, 2.24) is 19.7 Å². The Morgan fingerprint density at radius 3 is 2.61 bits per heavy atom. The van der Waals surface area contributed by atoms with E-state index in [1.54, 1.807) is 13.3 Å². The molecule has 0 radical (unpaired) electrons. The zero-order valence-electron chi connectivity index (χ0n) is 12.9. The molecule has 3 rings (SSSR count). The van der Waals surface area contributed by atoms with Gasteiger partial charge in [0, 0.05) is 26.3 Å². The Bertz CT molecular complexity index is 672. The standard InChI is InChI=1S/C17H18N4OS/c1-22-12-11-21-15(13-14-7-3-2-4-8-14)19-20-17(21)23-16-9-5-6-10-18-16/h2-10H,11-13H2,1H3. The van der Waals surface area contributed by atoms with Gasteiger partial charge in [-0.2, -0.15) is 0 Å². The monoisotopic (exact) mass is 326 g/mol. The van der Waals surface area contributed by atoms with E-state index in [2.05, 4.69) is 31.9 Å². The van der Waals surface area contributed by atoms with E-state index in [4.69, 9.17) is 4.74 Å². The molecule has 6 heteroatoms. The molecule has 3 aromatic rings. The van der Waals surface area contributed by atoms with Crippen molar-refractivity contribution in [1.29, 1.82) is 0 Å². The van der Waals surface area contributed by atoms with Crippen LogP contribution in [0.1, 0.15) is 11.4 Å². The molecular formula is C17H18N4OS. The molecule has 0 aliphatic carbocycles. The molecule has 0 unspecified atom stereocenters. The van der Waals surface area contributed by atoms with Crippen molar-refractivity contribution in [2.45, 2.75) is 23.1 Å². The Labute approximate surface area is 139 Å². The fourth-order valence-electron chi connectivity index (χ4n) is 2.21. The normalized spacial score (nSPS) is 10.8. The highest BCUT2D eigenvalue weighted by Gasteiger charge is 2.14. The van der Waals surface area contributed by atoms with Crippen LogP contribution in [0.3, 0.4) is 0 Å². The molecule has 2 heterocycles. The molecule has 0 N–H and O–H groups in total. The van der Waals surface area contributed by atoms with Crippen LogP contribution < -0.4 is 0 Å². The molecule has 0 bridgehead atoms. The lowest BCUT2D eigenvalue weighted by Gasteiger charge is -2.09. The van der Waals surface area contributed by atoms with Crippen LogP contribution in [-0.2, 0) is 17.7 Å². The van der Waals surface area contributed by atoms with Gasteiger partial charge in [0.2, 0.25) is 0 Å². The number of benzene rings is 1. The summed E-state index contributed by atoms with van der Waals surface area (Å²) in [5, 5.41) is 10.5. The van der Waals surface area contributed by atoms with E-state index in [0.29, 0.717) is 6.61 Å². The maximum atomic E-state index is 5.22. The molecule has 0 amide bonds. The molecule has 5 nitrogen and oxygen atoms in total. The number of methoxy groups -OCH3 is 1. The summed E-state index contributed by atoms with van der Waals surface area (Å²) in [5.41, 5.74) is 1.22. The molecule has 0 aliphatic heterocycles. The van der Waals surface area contributed by atoms with Crippen LogP contribution >= 0.6 is 11.8 Å². The molecule has 118 valence electrons. The minimum atomic E-state index is 0.621. The number of hydrogen-bond donors (Lipinski definition) is 0. The Morgan fingerprint density at radius 1 is 1.04 bits per heavy atom. The van der Waals surface area contributed by atoms with Crippen molar-refractivity contribution in [2.75, 3.05) is 13.7 Å². The lowest BCUT2D eigenvalue weighted by atomic mass is 10.1. The molecule has 23 heavy (non-hydrogen) atoms. The highest BCUT2D eigenvalue weighted by molar-refractivity contribution is 7.99. The van der Waals surface area contributed by atoms with Crippen LogP contribution in [0.2, 0.25) is 0 Å². The predicted octanol–water partition coefficient (Wildman–Crippen LogP) is 3.06. The first-order chi connectivity index (χ1) is 11.4. The Kier molecular flexibility index (Phi) is 5.39. The maximum absolute atomic E-state index is 5.22. The van der Waals surface area contributed by atoms with Gasteiger partial charge in [0.15, 0.2) is 5.16 Å². The largest absolute Gasteiger partial charge is 0.383 e. The quantitative estimate of drug-likeness (QED) is 0.668. The van der Waals surface area contributed by atoms with E-state index in [1.807, 2.05) is 36.4 Å². The zero-order valence-corrected chi connectivity index (χ0v) is 13.7. The van der Waals surface area contributed by atoms with Gasteiger partial charge in [0.05, 0.1) is 6.61 Å². The van der Waals surface area contributed by atoms with Crippen molar-refractivity contribution in [3.05, 3.63) is 66.1 Å². The Balaban J connectivity index is 1.84. The molecule has 0 atom stereocenters. The van der Waals surface area contributed by atoms with Gasteiger partial charge in [-0.1, -0.05) is 36.4 Å². The highest BCUT2D eigenvalue weighted by atomic mass is 32.2. The van der Waals surface area contributed by atoms with Gasteiger partial charge in [-0.15, -0.1) is 10.2 Å². The lowest BCUT2D eigenvalue weighted by molar-refractivity contribution is 0.184. The fourth-order valence-corrected chi connectivity index (χ4v) is 3.05. The van der Waals surface area contributed by atoms with E-state index in [0.717, 1.165) is 29.0 Å². The van der Waals surface area contributed by atoms with Crippen molar-refractivity contribution in [3.63, 3.8) is 0 Å². The highest BCUT2D eigenvalue weighted by Crippen LogP contribution is 2.25. The minimum Gasteiger partial charge on any atom is -0.383 e. The van der Waals surface area contributed by atoms with Gasteiger partial charge in [-0.05, 0) is 29.5 Å². The number of pyridine rings is 1. The lowest BCUT2D eigenvalue weighted by Crippen LogP contribution is -2.10. The van der Waals surface area contributed by atoms with E-state index in [1.165, 1.54) is 17.3 Å². The second-order valence-electron chi connectivity index (χ2n) is 4.98. The SMILES string of the molecule is COCCn1c(Cc2ccccc2)nnc1Sc1ccccn1. The van der Waals surface area contributed by atoms with E-state index in [-0.39, 0.29) is 0 Å². The summed E-state index contributed by atoms with van der Waals surface area (Å²) in [6, 6.07) is 16.1. The second kappa shape index (κ2) is 7.89. The summed E-state index contributed by atoms with van der Waals surface area (Å²) in [7, 11) is 1.70. The first-order valence-electron chi connectivity index (χ1n) is 7.40. The number of hydrogen-bond acceptors (Lipinski definition) is 5. The third-order valence-electron chi connectivity index (χ3n) is 3.35. The van der Waals surface area contributed by atoms with Gasteiger partial charge >= 0.3 is 0 Å². The van der Waals surface area contributed by atoms with Crippen molar-refractivity contribution >= 4 is 11.8 Å². The topological polar surface area (TPSA) is 52.8 Å². The smallest absolute Gasteiger partial charge is 0.197 e. The van der Waals surface area contributed by atoms with E-state index < -0.39 is 0 Å². The number of aromatic nitrogens is 4. The minimum absolute atomic E-state index is 0.621. The molecule has 0 saturated carbocycles. The van der Waals surface area contributed by atoms with Gasteiger partial charge in [-0.25, -0.2) is 4.98 Å². The number of rotatable bonds is 7. The average Bonchev–Trinajstić information content (AvgIpc) is 2.96. The number of nitrogens with zero attached hydrogens (tertiary/aromatic N) is 4. The third kappa shape index (κ3) is 4.18. The summed E-state index contributed by atoms with van der Waals surface area (Å²) in [5.74, 6) is 0.937. The predicted molar refractivity (Wildman–Crippen MR) is 89.5 cm³/mol. The third-order valence-corrected chi connectivity index (χ3v) is 4.29. The number of ether oxygens (including phenoxy) is 1. The van der Waals surface area contributed by atoms with Crippen LogP contribution in [-0.4, -0.2) is 33.5 Å². The Morgan fingerprint density at radius 2 is 1.87 bits per heavy atom. The summed E-state index contributed by atoms with van der Waals surface area (Å²) >= 11 is 1.52. The van der Waals surface area contributed by atoms with Crippen LogP contribution in [0.15, 0.2) is 64.9 Å². The van der Waals surface area contributed by atoms with Gasteiger partial charge in [-0.3, -0.25) is 0 Å². The van der Waals surface area contributed by atoms with Crippen molar-refractivity contribution < 1.29 is 4.74 Å². The summed E-state index contributed by atoms with van der Waals surface area (Å²) in [6.45, 7) is 1.34. The zero-order chi connectivity index (χ0) is 15.9. The maximum Gasteiger partial charge on any atom is 0.197 e. The molecule has 2 aromatic heterocycles. The summed E-state index contributed by atoms with van der Waals surface area (Å²) in [6.07, 6.45) is 2.53. The van der Waals surface area contributed by atoms with Crippen LogP contribution in [0, 0.1) is 0 Å². The molecule has 0 fully saturated rings. The van der Waals surface area contributed by atoms with Gasteiger partial charge in [0.25, 0.3) is 0 Å². The molecule has 0 aliphatic rings. The second-order valence-corrected chi connectivity index (χ2v) is 5.96. The van der Waals surface area contributed by atoms with Crippen LogP contribution in [0.4, 0.5) is 0 Å². The Hall–Kier alpha value is -2.18. The molecule has 0 saturated heterocycles. The molecular weight excluding hydrogens is 308 g/mol. The van der Waals surface area contributed by atoms with Crippen molar-refractivity contribution in [3.8, 4) is 0 Å².